The molecule has 128 valence electrons. The topological polar surface area (TPSA) is 77.5 Å². The summed E-state index contributed by atoms with van der Waals surface area (Å²) in [5.74, 6) is 1.07. The van der Waals surface area contributed by atoms with Crippen LogP contribution in [0.2, 0.25) is 0 Å². The molecule has 0 radical (unpaired) electrons. The van der Waals surface area contributed by atoms with Gasteiger partial charge in [0.25, 0.3) is 5.91 Å². The number of benzene rings is 1. The van der Waals surface area contributed by atoms with E-state index in [1.54, 1.807) is 17.0 Å². The van der Waals surface area contributed by atoms with E-state index in [0.717, 1.165) is 0 Å². The molecule has 1 aliphatic heterocycles. The molecule has 1 heterocycles. The number of amides is 1. The van der Waals surface area contributed by atoms with E-state index in [-0.39, 0.29) is 18.6 Å². The maximum absolute atomic E-state index is 12.8. The molecule has 2 rings (SSSR count). The third-order valence-corrected chi connectivity index (χ3v) is 3.84. The van der Waals surface area contributed by atoms with E-state index in [2.05, 4.69) is 0 Å². The number of carbonyl (C=O) groups is 1. The highest BCUT2D eigenvalue weighted by molar-refractivity contribution is 5.98. The number of β-amino-alcohol motifs (C(OH)–C–C–N with tert-alkyl or cyclic N) is 1. The van der Waals surface area contributed by atoms with Crippen LogP contribution < -0.4 is 14.2 Å². The van der Waals surface area contributed by atoms with Crippen molar-refractivity contribution in [3.05, 3.63) is 17.7 Å². The average molecular weight is 325 g/mol. The summed E-state index contributed by atoms with van der Waals surface area (Å²) >= 11 is 0. The highest BCUT2D eigenvalue weighted by Crippen LogP contribution is 2.35. The van der Waals surface area contributed by atoms with Crippen LogP contribution in [-0.2, 0) is 4.74 Å². The van der Waals surface area contributed by atoms with Crippen LogP contribution >= 0.6 is 0 Å². The summed E-state index contributed by atoms with van der Waals surface area (Å²) in [6, 6.07) is 3.19. The van der Waals surface area contributed by atoms with Crippen molar-refractivity contribution in [2.75, 3.05) is 41.0 Å². The number of hydrogen-bond donors (Lipinski definition) is 1. The molecule has 7 nitrogen and oxygen atoms in total. The lowest BCUT2D eigenvalue weighted by Gasteiger charge is -2.19. The first-order chi connectivity index (χ1) is 11.0. The van der Waals surface area contributed by atoms with E-state index in [1.165, 1.54) is 21.3 Å². The van der Waals surface area contributed by atoms with E-state index >= 15 is 0 Å². The van der Waals surface area contributed by atoms with Crippen LogP contribution in [0, 0.1) is 0 Å². The molecule has 7 heteroatoms. The summed E-state index contributed by atoms with van der Waals surface area (Å²) in [6.07, 6.45) is -1.06. The molecule has 0 spiro atoms. The molecular weight excluding hydrogens is 302 g/mol. The van der Waals surface area contributed by atoms with Crippen molar-refractivity contribution in [3.8, 4) is 17.2 Å². The van der Waals surface area contributed by atoms with Crippen molar-refractivity contribution < 1.29 is 28.8 Å². The van der Waals surface area contributed by atoms with Crippen LogP contribution in [0.3, 0.4) is 0 Å². The van der Waals surface area contributed by atoms with Gasteiger partial charge in [0.2, 0.25) is 0 Å². The van der Waals surface area contributed by atoms with Gasteiger partial charge >= 0.3 is 0 Å². The Morgan fingerprint density at radius 2 is 1.74 bits per heavy atom. The molecule has 0 aromatic heterocycles. The molecular formula is C16H23NO6. The van der Waals surface area contributed by atoms with Gasteiger partial charge in [-0.3, -0.25) is 4.79 Å². The van der Waals surface area contributed by atoms with Gasteiger partial charge in [-0.25, -0.2) is 0 Å². The fraction of sp³-hybridized carbons (Fsp3) is 0.562. The molecule has 0 unspecified atom stereocenters. The van der Waals surface area contributed by atoms with Crippen molar-refractivity contribution >= 4 is 5.91 Å². The summed E-state index contributed by atoms with van der Waals surface area (Å²) in [5, 5.41) is 10.0. The Morgan fingerprint density at radius 1 is 1.13 bits per heavy atom. The van der Waals surface area contributed by atoms with E-state index < -0.39 is 6.10 Å². The number of hydrogen-bond acceptors (Lipinski definition) is 6. The summed E-state index contributed by atoms with van der Waals surface area (Å²) < 4.78 is 21.2. The van der Waals surface area contributed by atoms with Crippen LogP contribution in [-0.4, -0.2) is 69.1 Å². The molecule has 1 N–H and O–H groups in total. The van der Waals surface area contributed by atoms with Gasteiger partial charge in [0, 0.05) is 31.8 Å². The predicted molar refractivity (Wildman–Crippen MR) is 83.4 cm³/mol. The first-order valence-electron chi connectivity index (χ1n) is 7.44. The zero-order valence-electron chi connectivity index (χ0n) is 13.9. The Kier molecular flexibility index (Phi) is 5.68. The van der Waals surface area contributed by atoms with Crippen LogP contribution in [0.5, 0.6) is 17.2 Å². The third kappa shape index (κ3) is 3.51. The number of aliphatic hydroxyl groups is 1. The lowest BCUT2D eigenvalue weighted by atomic mass is 10.1. The Bertz CT molecular complexity index is 562. The van der Waals surface area contributed by atoms with Gasteiger partial charge in [0.15, 0.2) is 11.5 Å². The molecule has 1 saturated heterocycles. The van der Waals surface area contributed by atoms with E-state index in [9.17, 15) is 9.90 Å². The van der Waals surface area contributed by atoms with Crippen molar-refractivity contribution in [1.29, 1.82) is 0 Å². The lowest BCUT2D eigenvalue weighted by Crippen LogP contribution is -2.30. The van der Waals surface area contributed by atoms with Crippen molar-refractivity contribution in [2.45, 2.75) is 19.1 Å². The molecule has 1 aliphatic rings. The standard InChI is InChI=1S/C16H23NO6/c1-5-23-15-9-17(8-11(15)18)16(19)10-6-13(21-3)14(22-4)7-12(10)20-2/h6-7,11,15,18H,5,8-9H2,1-4H3/t11-,15-/m0/s1. The summed E-state index contributed by atoms with van der Waals surface area (Å²) in [7, 11) is 4.51. The molecule has 23 heavy (non-hydrogen) atoms. The molecule has 2 atom stereocenters. The molecule has 1 fully saturated rings. The molecule has 1 aromatic rings. The average Bonchev–Trinajstić information content (AvgIpc) is 2.94. The second-order valence-electron chi connectivity index (χ2n) is 5.18. The predicted octanol–water partition coefficient (Wildman–Crippen LogP) is 0.934. The third-order valence-electron chi connectivity index (χ3n) is 3.84. The zero-order valence-corrected chi connectivity index (χ0v) is 13.9. The number of carbonyl (C=O) groups excluding carboxylic acids is 1. The molecule has 1 amide bonds. The van der Waals surface area contributed by atoms with Crippen molar-refractivity contribution in [3.63, 3.8) is 0 Å². The van der Waals surface area contributed by atoms with E-state index in [1.807, 2.05) is 6.92 Å². The van der Waals surface area contributed by atoms with Gasteiger partial charge in [0.1, 0.15) is 11.9 Å². The van der Waals surface area contributed by atoms with E-state index in [4.69, 9.17) is 18.9 Å². The molecule has 1 aromatic carbocycles. The smallest absolute Gasteiger partial charge is 0.257 e. The second-order valence-corrected chi connectivity index (χ2v) is 5.18. The monoisotopic (exact) mass is 325 g/mol. The summed E-state index contributed by atoms with van der Waals surface area (Å²) in [6.45, 7) is 2.91. The van der Waals surface area contributed by atoms with Gasteiger partial charge < -0.3 is 29.0 Å². The number of nitrogens with zero attached hydrogens (tertiary/aromatic N) is 1. The number of rotatable bonds is 6. The number of aliphatic hydroxyl groups excluding tert-OH is 1. The van der Waals surface area contributed by atoms with Crippen LogP contribution in [0.1, 0.15) is 17.3 Å². The van der Waals surface area contributed by atoms with Gasteiger partial charge in [-0.15, -0.1) is 0 Å². The van der Waals surface area contributed by atoms with Gasteiger partial charge in [-0.1, -0.05) is 0 Å². The SMILES string of the molecule is CCO[C@H]1CN(C(=O)c2cc(OC)c(OC)cc2OC)C[C@@H]1O. The fourth-order valence-corrected chi connectivity index (χ4v) is 2.67. The highest BCUT2D eigenvalue weighted by atomic mass is 16.5. The number of ether oxygens (including phenoxy) is 4. The second kappa shape index (κ2) is 7.52. The Morgan fingerprint density at radius 3 is 2.30 bits per heavy atom. The molecule has 0 saturated carbocycles. The van der Waals surface area contributed by atoms with E-state index in [0.29, 0.717) is 36.0 Å². The maximum Gasteiger partial charge on any atom is 0.257 e. The minimum Gasteiger partial charge on any atom is -0.496 e. The van der Waals surface area contributed by atoms with Crippen LogP contribution in [0.25, 0.3) is 0 Å². The summed E-state index contributed by atoms with van der Waals surface area (Å²) in [4.78, 5) is 14.3. The number of likely N-dealkylation sites (tertiary alicyclic amines) is 1. The Balaban J connectivity index is 2.28. The highest BCUT2D eigenvalue weighted by Gasteiger charge is 2.36. The summed E-state index contributed by atoms with van der Waals surface area (Å²) in [5.41, 5.74) is 0.356. The first kappa shape index (κ1) is 17.4. The van der Waals surface area contributed by atoms with Gasteiger partial charge in [-0.05, 0) is 6.92 Å². The molecule has 0 aliphatic carbocycles. The van der Waals surface area contributed by atoms with Crippen LogP contribution in [0.15, 0.2) is 12.1 Å². The maximum atomic E-state index is 12.8. The fourth-order valence-electron chi connectivity index (χ4n) is 2.67. The normalized spacial score (nSPS) is 20.5. The van der Waals surface area contributed by atoms with Crippen molar-refractivity contribution in [2.24, 2.45) is 0 Å². The Hall–Kier alpha value is -1.99. The lowest BCUT2D eigenvalue weighted by molar-refractivity contribution is -0.00237. The van der Waals surface area contributed by atoms with Crippen LogP contribution in [0.4, 0.5) is 0 Å². The minimum absolute atomic E-state index is 0.223. The molecule has 0 bridgehead atoms. The zero-order chi connectivity index (χ0) is 17.0. The quantitative estimate of drug-likeness (QED) is 0.838. The van der Waals surface area contributed by atoms with Crippen molar-refractivity contribution in [1.82, 2.24) is 4.90 Å². The largest absolute Gasteiger partial charge is 0.496 e. The van der Waals surface area contributed by atoms with Gasteiger partial charge in [0.05, 0.1) is 33.0 Å². The van der Waals surface area contributed by atoms with Gasteiger partial charge in [-0.2, -0.15) is 0 Å². The Labute approximate surface area is 135 Å². The minimum atomic E-state index is -0.690. The number of methoxy groups -OCH3 is 3. The first-order valence-corrected chi connectivity index (χ1v) is 7.44.